The molecule has 0 radical (unpaired) electrons. The summed E-state index contributed by atoms with van der Waals surface area (Å²) in [5, 5.41) is 9.63. The fourth-order valence-corrected chi connectivity index (χ4v) is 3.56. The highest BCUT2D eigenvalue weighted by Crippen LogP contribution is 2.29. The second kappa shape index (κ2) is 13.5. The summed E-state index contributed by atoms with van der Waals surface area (Å²) in [4.78, 5) is 60.5. The molecule has 1 aliphatic rings. The van der Waals surface area contributed by atoms with E-state index in [0.29, 0.717) is 11.3 Å². The van der Waals surface area contributed by atoms with Gasteiger partial charge < -0.3 is 19.3 Å². The van der Waals surface area contributed by atoms with Crippen molar-refractivity contribution in [2.24, 2.45) is 0 Å². The van der Waals surface area contributed by atoms with Crippen molar-refractivity contribution in [3.05, 3.63) is 71.8 Å². The third-order valence-electron chi connectivity index (χ3n) is 5.51. The predicted octanol–water partition coefficient (Wildman–Crippen LogP) is 3.27. The van der Waals surface area contributed by atoms with E-state index in [1.54, 1.807) is 48.6 Å². The van der Waals surface area contributed by atoms with Crippen molar-refractivity contribution in [1.82, 2.24) is 4.90 Å². The summed E-state index contributed by atoms with van der Waals surface area (Å²) in [6.07, 6.45) is 8.73. The summed E-state index contributed by atoms with van der Waals surface area (Å²) in [5.74, 6) is -1.77. The second-order valence-corrected chi connectivity index (χ2v) is 8.38. The Balaban J connectivity index is 1.47. The number of carbonyl (C=O) groups excluding carboxylic acids is 5. The second-order valence-electron chi connectivity index (χ2n) is 8.38. The van der Waals surface area contributed by atoms with Crippen LogP contribution >= 0.6 is 0 Å². The molecule has 2 aromatic carbocycles. The summed E-state index contributed by atoms with van der Waals surface area (Å²) in [5.41, 5.74) is 1.41. The van der Waals surface area contributed by atoms with Crippen molar-refractivity contribution in [1.29, 1.82) is 0 Å². The van der Waals surface area contributed by atoms with E-state index in [-0.39, 0.29) is 48.1 Å². The number of carbonyl (C=O) groups is 5. The molecule has 0 saturated carbocycles. The molecular formula is C29H27NO9. The highest BCUT2D eigenvalue weighted by molar-refractivity contribution is 6.14. The van der Waals surface area contributed by atoms with Crippen molar-refractivity contribution < 1.29 is 43.3 Å². The number of hydrogen-bond acceptors (Lipinski definition) is 9. The maximum Gasteiger partial charge on any atom is 0.331 e. The van der Waals surface area contributed by atoms with Crippen LogP contribution in [0.2, 0.25) is 0 Å². The van der Waals surface area contributed by atoms with Crippen LogP contribution in [0.3, 0.4) is 0 Å². The van der Waals surface area contributed by atoms with Gasteiger partial charge in [0.25, 0.3) is 11.8 Å². The lowest BCUT2D eigenvalue weighted by Crippen LogP contribution is -2.36. The number of allylic oxidation sites excluding steroid dienone is 2. The number of phenols is 1. The van der Waals surface area contributed by atoms with Crippen LogP contribution in [0.1, 0.15) is 30.4 Å². The highest BCUT2D eigenvalue weighted by Gasteiger charge is 2.26. The third kappa shape index (κ3) is 8.26. The van der Waals surface area contributed by atoms with Gasteiger partial charge in [0.05, 0.1) is 20.6 Å². The standard InChI is InChI=1S/C29H27NO9/c1-37-25-15-19(9-11-23(25)33)5-3-7-21(31)17-22(32)8-4-6-20-10-12-24(26(16-20)38-2)39-29(36)18-30-27(34)13-14-28(30)35/h3-6,9-16,33H,7-8,17-18H2,1-2H3/b5-3+,6-4+. The molecule has 0 aliphatic carbocycles. The fraction of sp³-hybridized carbons (Fsp3) is 0.207. The molecule has 39 heavy (non-hydrogen) atoms. The van der Waals surface area contributed by atoms with E-state index >= 15 is 0 Å². The lowest BCUT2D eigenvalue weighted by atomic mass is 10.1. The molecule has 10 heteroatoms. The predicted molar refractivity (Wildman–Crippen MR) is 141 cm³/mol. The first-order chi connectivity index (χ1) is 18.7. The zero-order valence-electron chi connectivity index (χ0n) is 21.4. The van der Waals surface area contributed by atoms with Gasteiger partial charge >= 0.3 is 5.97 Å². The number of aromatic hydroxyl groups is 1. The van der Waals surface area contributed by atoms with E-state index in [2.05, 4.69) is 0 Å². The molecule has 0 bridgehead atoms. The topological polar surface area (TPSA) is 137 Å². The first-order valence-corrected chi connectivity index (χ1v) is 11.9. The highest BCUT2D eigenvalue weighted by atomic mass is 16.6. The van der Waals surface area contributed by atoms with Crippen molar-refractivity contribution in [3.63, 3.8) is 0 Å². The van der Waals surface area contributed by atoms with Crippen LogP contribution < -0.4 is 14.2 Å². The third-order valence-corrected chi connectivity index (χ3v) is 5.51. The summed E-state index contributed by atoms with van der Waals surface area (Å²) in [7, 11) is 2.83. The molecular weight excluding hydrogens is 506 g/mol. The number of benzene rings is 2. The Morgan fingerprint density at radius 2 is 1.33 bits per heavy atom. The van der Waals surface area contributed by atoms with E-state index < -0.39 is 24.3 Å². The Morgan fingerprint density at radius 1 is 0.795 bits per heavy atom. The molecule has 1 N–H and O–H groups in total. The van der Waals surface area contributed by atoms with Crippen molar-refractivity contribution in [3.8, 4) is 23.0 Å². The summed E-state index contributed by atoms with van der Waals surface area (Å²) >= 11 is 0. The Hall–Kier alpha value is -4.99. The fourth-order valence-electron chi connectivity index (χ4n) is 3.56. The molecule has 1 aliphatic heterocycles. The normalized spacial score (nSPS) is 12.9. The maximum absolute atomic E-state index is 12.2. The monoisotopic (exact) mass is 533 g/mol. The first kappa shape index (κ1) is 28.6. The Labute approximate surface area is 224 Å². The van der Waals surface area contributed by atoms with Crippen molar-refractivity contribution in [2.75, 3.05) is 20.8 Å². The average Bonchev–Trinajstić information content (AvgIpc) is 3.22. The lowest BCUT2D eigenvalue weighted by Gasteiger charge is -2.14. The van der Waals surface area contributed by atoms with E-state index in [1.165, 1.54) is 26.4 Å². The molecule has 1 heterocycles. The van der Waals surface area contributed by atoms with E-state index in [4.69, 9.17) is 14.2 Å². The van der Waals surface area contributed by atoms with Crippen molar-refractivity contribution in [2.45, 2.75) is 19.3 Å². The zero-order valence-corrected chi connectivity index (χ0v) is 21.4. The number of ether oxygens (including phenoxy) is 3. The molecule has 2 amide bonds. The van der Waals surface area contributed by atoms with Crippen LogP contribution in [0.15, 0.2) is 60.7 Å². The van der Waals surface area contributed by atoms with Gasteiger partial charge in [-0.2, -0.15) is 0 Å². The van der Waals surface area contributed by atoms with Gasteiger partial charge in [-0.1, -0.05) is 36.4 Å². The van der Waals surface area contributed by atoms with Crippen LogP contribution in [-0.4, -0.2) is 60.1 Å². The molecule has 202 valence electrons. The van der Waals surface area contributed by atoms with Gasteiger partial charge in [-0.15, -0.1) is 0 Å². The van der Waals surface area contributed by atoms with Gasteiger partial charge in [0.15, 0.2) is 23.0 Å². The van der Waals surface area contributed by atoms with Gasteiger partial charge in [0.1, 0.15) is 18.1 Å². The smallest absolute Gasteiger partial charge is 0.331 e. The number of esters is 1. The molecule has 0 atom stereocenters. The number of amides is 2. The average molecular weight is 534 g/mol. The van der Waals surface area contributed by atoms with Crippen LogP contribution in [0.25, 0.3) is 12.2 Å². The van der Waals surface area contributed by atoms with E-state index in [9.17, 15) is 29.1 Å². The van der Waals surface area contributed by atoms with E-state index in [1.807, 2.05) is 0 Å². The number of imide groups is 1. The van der Waals surface area contributed by atoms with Crippen LogP contribution in [0, 0.1) is 0 Å². The summed E-state index contributed by atoms with van der Waals surface area (Å²) in [6.45, 7) is -0.530. The molecule has 0 spiro atoms. The van der Waals surface area contributed by atoms with Gasteiger partial charge in [-0.3, -0.25) is 24.1 Å². The number of hydrogen-bond donors (Lipinski definition) is 1. The minimum absolute atomic E-state index is 0.0190. The van der Waals surface area contributed by atoms with E-state index in [0.717, 1.165) is 22.6 Å². The molecule has 3 rings (SSSR count). The van der Waals surface area contributed by atoms with Gasteiger partial charge in [0.2, 0.25) is 0 Å². The Morgan fingerprint density at radius 3 is 1.90 bits per heavy atom. The minimum Gasteiger partial charge on any atom is -0.504 e. The van der Waals surface area contributed by atoms with Crippen LogP contribution in [0.4, 0.5) is 0 Å². The molecule has 10 nitrogen and oxygen atoms in total. The maximum atomic E-state index is 12.2. The summed E-state index contributed by atoms with van der Waals surface area (Å²) < 4.78 is 15.5. The number of rotatable bonds is 13. The van der Waals surface area contributed by atoms with Crippen LogP contribution in [0.5, 0.6) is 23.0 Å². The Bertz CT molecular complexity index is 1350. The quantitative estimate of drug-likeness (QED) is 0.178. The Kier molecular flexibility index (Phi) is 9.91. The number of nitrogens with zero attached hydrogens (tertiary/aromatic N) is 1. The van der Waals surface area contributed by atoms with Gasteiger partial charge in [0, 0.05) is 25.0 Å². The minimum atomic E-state index is -0.810. The molecule has 0 aromatic heterocycles. The van der Waals surface area contributed by atoms with Crippen molar-refractivity contribution >= 4 is 41.5 Å². The number of Topliss-reactive ketones (excluding diaryl/α,β-unsaturated/α-hetero) is 2. The molecule has 0 unspecified atom stereocenters. The molecule has 0 fully saturated rings. The zero-order chi connectivity index (χ0) is 28.4. The number of ketones is 2. The SMILES string of the molecule is COc1cc(/C=C/CC(=O)CC(=O)C/C=C/c2ccc(OC(=O)CN3C(=O)C=CC3=O)c(OC)c2)ccc1O. The summed E-state index contributed by atoms with van der Waals surface area (Å²) in [6, 6.07) is 9.51. The molecule has 2 aromatic rings. The number of methoxy groups -OCH3 is 2. The molecule has 0 saturated heterocycles. The first-order valence-electron chi connectivity index (χ1n) is 11.9. The van der Waals surface area contributed by atoms with Gasteiger partial charge in [-0.05, 0) is 35.4 Å². The van der Waals surface area contributed by atoms with Gasteiger partial charge in [-0.25, -0.2) is 4.79 Å². The lowest BCUT2D eigenvalue weighted by molar-refractivity contribution is -0.146. The largest absolute Gasteiger partial charge is 0.504 e. The van der Waals surface area contributed by atoms with Crippen LogP contribution in [-0.2, 0) is 24.0 Å². The number of phenolic OH excluding ortho intramolecular Hbond substituents is 1.